The summed E-state index contributed by atoms with van der Waals surface area (Å²) in [5, 5.41) is 10.8. The summed E-state index contributed by atoms with van der Waals surface area (Å²) < 4.78 is 9.88. The van der Waals surface area contributed by atoms with Crippen molar-refractivity contribution in [3.63, 3.8) is 0 Å². The number of ether oxygens (including phenoxy) is 2. The molecule has 5 rings (SSSR count). The minimum absolute atomic E-state index is 0.00896. The van der Waals surface area contributed by atoms with Crippen LogP contribution in [0.5, 0.6) is 5.75 Å². The summed E-state index contributed by atoms with van der Waals surface area (Å²) in [5.74, 6) is -8.42. The van der Waals surface area contributed by atoms with Crippen molar-refractivity contribution in [3.05, 3.63) is 39.9 Å². The summed E-state index contributed by atoms with van der Waals surface area (Å²) in [5.41, 5.74) is 0.940. The van der Waals surface area contributed by atoms with Crippen LogP contribution in [0.1, 0.15) is 24.3 Å². The molecule has 0 spiro atoms. The van der Waals surface area contributed by atoms with Crippen molar-refractivity contribution in [2.75, 3.05) is 14.2 Å². The van der Waals surface area contributed by atoms with Gasteiger partial charge in [0.25, 0.3) is 0 Å². The molecular formula is C24H21BrN2O9. The Hall–Kier alpha value is -3.54. The number of fused-ring (bicyclic) bond motifs is 4. The van der Waals surface area contributed by atoms with E-state index in [9.17, 15) is 33.9 Å². The number of hydrogen-bond donors (Lipinski definition) is 1. The van der Waals surface area contributed by atoms with Crippen LogP contribution in [0.15, 0.2) is 34.3 Å². The molecule has 1 aromatic rings. The van der Waals surface area contributed by atoms with Gasteiger partial charge in [-0.25, -0.2) is 9.59 Å². The molecule has 0 aromatic heterocycles. The van der Waals surface area contributed by atoms with E-state index < -0.39 is 71.3 Å². The number of imide groups is 6. The molecule has 36 heavy (non-hydrogen) atoms. The smallest absolute Gasteiger partial charge is 0.423 e. The number of halogens is 1. The van der Waals surface area contributed by atoms with E-state index in [4.69, 9.17) is 0 Å². The van der Waals surface area contributed by atoms with Gasteiger partial charge < -0.3 is 14.6 Å². The molecule has 1 saturated carbocycles. The third kappa shape index (κ3) is 3.23. The van der Waals surface area contributed by atoms with Gasteiger partial charge >= 0.3 is 12.2 Å². The molecule has 12 heteroatoms. The lowest BCUT2D eigenvalue weighted by Gasteiger charge is -2.44. The van der Waals surface area contributed by atoms with Crippen molar-refractivity contribution in [2.24, 2.45) is 29.6 Å². The predicted molar refractivity (Wildman–Crippen MR) is 122 cm³/mol. The van der Waals surface area contributed by atoms with Crippen LogP contribution >= 0.6 is 15.9 Å². The minimum atomic E-state index is -1.12. The Morgan fingerprint density at radius 1 is 0.889 bits per heavy atom. The van der Waals surface area contributed by atoms with Crippen molar-refractivity contribution in [1.82, 2.24) is 9.80 Å². The van der Waals surface area contributed by atoms with E-state index in [1.165, 1.54) is 6.07 Å². The topological polar surface area (TPSA) is 148 Å². The maximum Gasteiger partial charge on any atom is 0.423 e. The lowest BCUT2D eigenvalue weighted by Crippen LogP contribution is -2.43. The van der Waals surface area contributed by atoms with Crippen LogP contribution < -0.4 is 0 Å². The lowest BCUT2D eigenvalue weighted by atomic mass is 9.57. The second kappa shape index (κ2) is 8.54. The number of benzene rings is 1. The van der Waals surface area contributed by atoms with Crippen LogP contribution in [0.3, 0.4) is 0 Å². The summed E-state index contributed by atoms with van der Waals surface area (Å²) in [6, 6.07) is 4.66. The molecule has 2 aliphatic carbocycles. The molecule has 2 aliphatic heterocycles. The van der Waals surface area contributed by atoms with Crippen LogP contribution in [0.25, 0.3) is 0 Å². The number of rotatable bonds is 1. The van der Waals surface area contributed by atoms with Gasteiger partial charge in [-0.3, -0.25) is 19.2 Å². The van der Waals surface area contributed by atoms with Crippen LogP contribution in [0, 0.1) is 29.6 Å². The number of phenolic OH excluding ortho intramolecular Hbond substituents is 1. The van der Waals surface area contributed by atoms with Crippen molar-refractivity contribution in [3.8, 4) is 5.75 Å². The largest absolute Gasteiger partial charge is 0.508 e. The molecule has 188 valence electrons. The van der Waals surface area contributed by atoms with Gasteiger partial charge in [-0.05, 0) is 37.0 Å². The van der Waals surface area contributed by atoms with Gasteiger partial charge in [0.05, 0.1) is 37.9 Å². The van der Waals surface area contributed by atoms with E-state index in [2.05, 4.69) is 25.4 Å². The van der Waals surface area contributed by atoms with Crippen LogP contribution in [0.2, 0.25) is 0 Å². The number of carbonyl (C=O) groups excluding carboxylic acids is 6. The van der Waals surface area contributed by atoms with Gasteiger partial charge in [0.2, 0.25) is 23.6 Å². The fraction of sp³-hybridized carbons (Fsp3) is 0.417. The van der Waals surface area contributed by atoms with E-state index in [0.717, 1.165) is 14.2 Å². The number of amides is 6. The van der Waals surface area contributed by atoms with Gasteiger partial charge in [0.15, 0.2) is 0 Å². The zero-order chi connectivity index (χ0) is 26.0. The first-order valence-electron chi connectivity index (χ1n) is 11.2. The summed E-state index contributed by atoms with van der Waals surface area (Å²) >= 11 is 3.37. The molecule has 6 atom stereocenters. The number of aromatic hydroxyl groups is 1. The van der Waals surface area contributed by atoms with Crippen LogP contribution in [-0.4, -0.2) is 64.9 Å². The molecule has 3 fully saturated rings. The highest BCUT2D eigenvalue weighted by atomic mass is 79.9. The predicted octanol–water partition coefficient (Wildman–Crippen LogP) is 2.32. The zero-order valence-corrected chi connectivity index (χ0v) is 20.8. The third-order valence-corrected chi connectivity index (χ3v) is 8.18. The minimum Gasteiger partial charge on any atom is -0.508 e. The van der Waals surface area contributed by atoms with Crippen molar-refractivity contribution in [1.29, 1.82) is 0 Å². The van der Waals surface area contributed by atoms with Crippen LogP contribution in [0.4, 0.5) is 9.59 Å². The molecule has 0 radical (unpaired) electrons. The van der Waals surface area contributed by atoms with E-state index in [1.807, 2.05) is 0 Å². The number of carbonyl (C=O) groups is 6. The summed E-state index contributed by atoms with van der Waals surface area (Å²) in [7, 11) is 2.12. The third-order valence-electron chi connectivity index (χ3n) is 7.69. The van der Waals surface area contributed by atoms with Crippen molar-refractivity contribution < 1.29 is 43.3 Å². The summed E-state index contributed by atoms with van der Waals surface area (Å²) in [6.07, 6.45) is -0.317. The average molecular weight is 561 g/mol. The number of phenols is 1. The fourth-order valence-corrected chi connectivity index (χ4v) is 6.63. The van der Waals surface area contributed by atoms with Crippen LogP contribution in [-0.2, 0) is 28.7 Å². The summed E-state index contributed by atoms with van der Waals surface area (Å²) in [6.45, 7) is 0. The molecule has 11 nitrogen and oxygen atoms in total. The Labute approximate surface area is 213 Å². The van der Waals surface area contributed by atoms with Gasteiger partial charge in [0, 0.05) is 16.0 Å². The van der Waals surface area contributed by atoms with E-state index in [1.54, 1.807) is 18.2 Å². The molecule has 1 N–H and O–H groups in total. The van der Waals surface area contributed by atoms with E-state index >= 15 is 0 Å². The molecular weight excluding hydrogens is 540 g/mol. The Kier molecular flexibility index (Phi) is 5.73. The van der Waals surface area contributed by atoms with Gasteiger partial charge in [-0.2, -0.15) is 9.80 Å². The van der Waals surface area contributed by atoms with E-state index in [-0.39, 0.29) is 18.6 Å². The highest BCUT2D eigenvalue weighted by molar-refractivity contribution is 9.10. The first kappa shape index (κ1) is 24.2. The molecule has 4 aliphatic rings. The maximum absolute atomic E-state index is 13.4. The fourth-order valence-electron chi connectivity index (χ4n) is 6.25. The Bertz CT molecular complexity index is 1270. The Morgan fingerprint density at radius 2 is 1.47 bits per heavy atom. The van der Waals surface area contributed by atoms with Gasteiger partial charge in [0.1, 0.15) is 5.75 Å². The normalized spacial score (nSPS) is 31.0. The summed E-state index contributed by atoms with van der Waals surface area (Å²) in [4.78, 5) is 78.4. The zero-order valence-electron chi connectivity index (χ0n) is 19.2. The van der Waals surface area contributed by atoms with E-state index in [0.29, 0.717) is 25.4 Å². The SMILES string of the molecule is COC(=O)N1C(=O)C2CC=C3C(CC4C(=O)N(C(=O)OC)C(=O)C4C3c3cc(Br)ccc3O)C2C1=O. The second-order valence-electron chi connectivity index (χ2n) is 9.19. The van der Waals surface area contributed by atoms with Gasteiger partial charge in [-0.15, -0.1) is 0 Å². The second-order valence-corrected chi connectivity index (χ2v) is 10.1. The van der Waals surface area contributed by atoms with Gasteiger partial charge in [-0.1, -0.05) is 27.6 Å². The molecule has 6 amide bonds. The highest BCUT2D eigenvalue weighted by Crippen LogP contribution is 2.59. The molecule has 2 saturated heterocycles. The molecule has 1 aromatic carbocycles. The average Bonchev–Trinajstić information content (AvgIpc) is 3.27. The molecule has 6 unspecified atom stereocenters. The quantitative estimate of drug-likeness (QED) is 0.403. The molecule has 0 bridgehead atoms. The number of likely N-dealkylation sites (tertiary alicyclic amines) is 2. The standard InChI is InChI=1S/C24H21BrN2O9/c1-35-23(33)26-19(29)11-5-4-10-12(17(11)21(26)31)8-14-18(22(32)27(20(14)30)24(34)36-2)16(10)13-7-9(25)3-6-15(13)28/h3-4,6-7,11-12,14,16-18,28H,5,8H2,1-2H3. The maximum atomic E-state index is 13.4. The lowest BCUT2D eigenvalue weighted by molar-refractivity contribution is -0.139. The Balaban J connectivity index is 1.66. The van der Waals surface area contributed by atoms with Crippen molar-refractivity contribution >= 4 is 51.7 Å². The Morgan fingerprint density at radius 3 is 2.08 bits per heavy atom. The first-order chi connectivity index (χ1) is 17.1. The number of allylic oxidation sites excluding steroid dienone is 2. The van der Waals surface area contributed by atoms with Crippen molar-refractivity contribution in [2.45, 2.75) is 18.8 Å². The molecule has 2 heterocycles. The number of hydrogen-bond acceptors (Lipinski definition) is 9. The first-order valence-corrected chi connectivity index (χ1v) is 12.0. The number of nitrogens with zero attached hydrogens (tertiary/aromatic N) is 2. The number of methoxy groups -OCH3 is 2. The highest BCUT2D eigenvalue weighted by Gasteiger charge is 2.64. The monoisotopic (exact) mass is 560 g/mol.